The van der Waals surface area contributed by atoms with E-state index in [-0.39, 0.29) is 6.54 Å². The van der Waals surface area contributed by atoms with Gasteiger partial charge in [-0.15, -0.1) is 0 Å². The molecule has 1 atom stereocenters. The van der Waals surface area contributed by atoms with Crippen LogP contribution < -0.4 is 9.64 Å². The topological polar surface area (TPSA) is 87.1 Å². The van der Waals surface area contributed by atoms with Gasteiger partial charge in [-0.2, -0.15) is 8.42 Å². The number of rotatable bonds is 8. The molecule has 7 heteroatoms. The normalized spacial score (nSPS) is 13.0. The summed E-state index contributed by atoms with van der Waals surface area (Å²) in [5.41, 5.74) is 0.827. The number of hydrogen-bond acceptors (Lipinski definition) is 5. The fourth-order valence-corrected chi connectivity index (χ4v) is 2.50. The molecule has 6 nitrogen and oxygen atoms in total. The van der Waals surface area contributed by atoms with Crippen LogP contribution in [0.4, 0.5) is 5.69 Å². The van der Waals surface area contributed by atoms with Gasteiger partial charge in [-0.25, -0.2) is 0 Å². The summed E-state index contributed by atoms with van der Waals surface area (Å²) in [6.07, 6.45) is -1.15. The fourth-order valence-electron chi connectivity index (χ4n) is 1.90. The van der Waals surface area contributed by atoms with Crippen LogP contribution in [0, 0.1) is 0 Å². The molecular formula is C13H21NO5S. The van der Waals surface area contributed by atoms with Gasteiger partial charge in [-0.05, 0) is 26.0 Å². The first-order chi connectivity index (χ1) is 9.35. The molecule has 0 heterocycles. The first kappa shape index (κ1) is 16.7. The van der Waals surface area contributed by atoms with Crippen molar-refractivity contribution >= 4 is 15.8 Å². The van der Waals surface area contributed by atoms with Gasteiger partial charge < -0.3 is 14.7 Å². The number of aliphatic hydroxyl groups excluding tert-OH is 1. The highest BCUT2D eigenvalue weighted by molar-refractivity contribution is 7.85. The molecule has 0 aliphatic rings. The van der Waals surface area contributed by atoms with Gasteiger partial charge in [0.05, 0.1) is 12.7 Å². The zero-order chi connectivity index (χ0) is 15.2. The minimum absolute atomic E-state index is 0.117. The number of hydrogen-bond donors (Lipinski definition) is 2. The SMILES string of the molecule is CCOc1cccc(N(CC)CC(O)CS(=O)(=O)O)c1. The number of aliphatic hydroxyl groups is 1. The standard InChI is InChI=1S/C13H21NO5S/c1-3-14(9-12(15)10-20(16,17)18)11-6-5-7-13(8-11)19-4-2/h5-8,12,15H,3-4,9-10H2,1-2H3,(H,16,17,18). The Morgan fingerprint density at radius 2 is 2.05 bits per heavy atom. The lowest BCUT2D eigenvalue weighted by Crippen LogP contribution is -2.36. The maximum Gasteiger partial charge on any atom is 0.267 e. The van der Waals surface area contributed by atoms with E-state index in [1.54, 1.807) is 0 Å². The second kappa shape index (κ2) is 7.47. The molecule has 2 N–H and O–H groups in total. The fraction of sp³-hybridized carbons (Fsp3) is 0.538. The van der Waals surface area contributed by atoms with Gasteiger partial charge in [0.2, 0.25) is 0 Å². The number of nitrogens with zero attached hydrogens (tertiary/aromatic N) is 1. The van der Waals surface area contributed by atoms with Crippen LogP contribution >= 0.6 is 0 Å². The van der Waals surface area contributed by atoms with Crippen molar-refractivity contribution in [2.75, 3.05) is 30.3 Å². The van der Waals surface area contributed by atoms with Crippen molar-refractivity contribution in [1.29, 1.82) is 0 Å². The molecule has 0 amide bonds. The van der Waals surface area contributed by atoms with Crippen molar-refractivity contribution in [3.63, 3.8) is 0 Å². The highest BCUT2D eigenvalue weighted by Crippen LogP contribution is 2.21. The molecule has 0 saturated heterocycles. The number of ether oxygens (including phenoxy) is 1. The molecule has 114 valence electrons. The Hall–Kier alpha value is -1.31. The summed E-state index contributed by atoms with van der Waals surface area (Å²) < 4.78 is 35.6. The van der Waals surface area contributed by atoms with Gasteiger partial charge in [0, 0.05) is 24.8 Å². The van der Waals surface area contributed by atoms with E-state index in [1.165, 1.54) is 0 Å². The maximum absolute atomic E-state index is 10.7. The Bertz CT molecular complexity index is 517. The molecule has 1 rings (SSSR count). The summed E-state index contributed by atoms with van der Waals surface area (Å²) in [6, 6.07) is 7.34. The molecule has 1 aromatic rings. The molecule has 0 radical (unpaired) electrons. The zero-order valence-electron chi connectivity index (χ0n) is 11.7. The summed E-state index contributed by atoms with van der Waals surface area (Å²) in [4.78, 5) is 1.82. The number of likely N-dealkylation sites (N-methyl/N-ethyl adjacent to an activating group) is 1. The molecule has 0 aliphatic carbocycles. The molecule has 0 aromatic heterocycles. The van der Waals surface area contributed by atoms with Gasteiger partial charge in [-0.1, -0.05) is 6.07 Å². The van der Waals surface area contributed by atoms with Crippen LogP contribution in [0.5, 0.6) is 5.75 Å². The maximum atomic E-state index is 10.7. The van der Waals surface area contributed by atoms with E-state index in [1.807, 2.05) is 43.0 Å². The lowest BCUT2D eigenvalue weighted by Gasteiger charge is -2.25. The Balaban J connectivity index is 2.77. The third-order valence-corrected chi connectivity index (χ3v) is 3.52. The van der Waals surface area contributed by atoms with E-state index in [0.29, 0.717) is 18.9 Å². The van der Waals surface area contributed by atoms with Crippen LogP contribution in [0.25, 0.3) is 0 Å². The van der Waals surface area contributed by atoms with Gasteiger partial charge in [0.25, 0.3) is 10.1 Å². The minimum Gasteiger partial charge on any atom is -0.494 e. The molecule has 1 aromatic carbocycles. The summed E-state index contributed by atoms with van der Waals surface area (Å²) in [5.74, 6) is 0.0435. The first-order valence-corrected chi connectivity index (χ1v) is 8.07. The Kier molecular flexibility index (Phi) is 6.25. The average Bonchev–Trinajstić information content (AvgIpc) is 2.34. The van der Waals surface area contributed by atoms with Crippen molar-refractivity contribution in [2.45, 2.75) is 20.0 Å². The van der Waals surface area contributed by atoms with Crippen LogP contribution in [-0.2, 0) is 10.1 Å². The Morgan fingerprint density at radius 1 is 1.35 bits per heavy atom. The Morgan fingerprint density at radius 3 is 2.60 bits per heavy atom. The van der Waals surface area contributed by atoms with E-state index in [4.69, 9.17) is 9.29 Å². The summed E-state index contributed by atoms with van der Waals surface area (Å²) in [6.45, 7) is 5.05. The van der Waals surface area contributed by atoms with E-state index in [2.05, 4.69) is 0 Å². The van der Waals surface area contributed by atoms with Gasteiger partial charge >= 0.3 is 0 Å². The highest BCUT2D eigenvalue weighted by Gasteiger charge is 2.17. The van der Waals surface area contributed by atoms with Crippen LogP contribution in [-0.4, -0.2) is 49.6 Å². The van der Waals surface area contributed by atoms with Crippen molar-refractivity contribution < 1.29 is 22.8 Å². The van der Waals surface area contributed by atoms with Gasteiger partial charge in [0.1, 0.15) is 11.5 Å². The molecule has 0 aliphatic heterocycles. The van der Waals surface area contributed by atoms with Gasteiger partial charge in [-0.3, -0.25) is 4.55 Å². The first-order valence-electron chi connectivity index (χ1n) is 6.46. The van der Waals surface area contributed by atoms with Crippen LogP contribution in [0.2, 0.25) is 0 Å². The van der Waals surface area contributed by atoms with Crippen LogP contribution in [0.1, 0.15) is 13.8 Å². The molecular weight excluding hydrogens is 282 g/mol. The van der Waals surface area contributed by atoms with E-state index >= 15 is 0 Å². The third-order valence-electron chi connectivity index (χ3n) is 2.71. The smallest absolute Gasteiger partial charge is 0.267 e. The zero-order valence-corrected chi connectivity index (χ0v) is 12.5. The highest BCUT2D eigenvalue weighted by atomic mass is 32.2. The lowest BCUT2D eigenvalue weighted by atomic mass is 10.2. The average molecular weight is 303 g/mol. The predicted octanol–water partition coefficient (Wildman–Crippen LogP) is 1.16. The van der Waals surface area contributed by atoms with Crippen molar-refractivity contribution in [3.05, 3.63) is 24.3 Å². The monoisotopic (exact) mass is 303 g/mol. The molecule has 0 bridgehead atoms. The van der Waals surface area contributed by atoms with E-state index in [9.17, 15) is 13.5 Å². The van der Waals surface area contributed by atoms with Crippen molar-refractivity contribution in [1.82, 2.24) is 0 Å². The van der Waals surface area contributed by atoms with Crippen molar-refractivity contribution in [3.8, 4) is 5.75 Å². The van der Waals surface area contributed by atoms with Gasteiger partial charge in [0.15, 0.2) is 0 Å². The van der Waals surface area contributed by atoms with Crippen molar-refractivity contribution in [2.24, 2.45) is 0 Å². The predicted molar refractivity (Wildman–Crippen MR) is 77.9 cm³/mol. The van der Waals surface area contributed by atoms with Crippen LogP contribution in [0.3, 0.4) is 0 Å². The summed E-state index contributed by atoms with van der Waals surface area (Å²) in [5, 5.41) is 9.71. The largest absolute Gasteiger partial charge is 0.494 e. The molecule has 0 saturated carbocycles. The molecule has 0 spiro atoms. The summed E-state index contributed by atoms with van der Waals surface area (Å²) >= 11 is 0. The molecule has 20 heavy (non-hydrogen) atoms. The molecule has 1 unspecified atom stereocenters. The quantitative estimate of drug-likeness (QED) is 0.701. The number of anilines is 1. The number of benzene rings is 1. The minimum atomic E-state index is -4.18. The lowest BCUT2D eigenvalue weighted by molar-refractivity contribution is 0.200. The second-order valence-corrected chi connectivity index (χ2v) is 5.87. The second-order valence-electron chi connectivity index (χ2n) is 4.37. The Labute approximate surface area is 119 Å². The van der Waals surface area contributed by atoms with Crippen LogP contribution in [0.15, 0.2) is 24.3 Å². The van der Waals surface area contributed by atoms with E-state index in [0.717, 1.165) is 5.69 Å². The van der Waals surface area contributed by atoms with E-state index < -0.39 is 22.0 Å². The molecule has 0 fully saturated rings. The summed E-state index contributed by atoms with van der Waals surface area (Å²) in [7, 11) is -4.18. The third kappa shape index (κ3) is 5.77.